The maximum atomic E-state index is 12.6. The van der Waals surface area contributed by atoms with Crippen molar-refractivity contribution in [1.82, 2.24) is 9.62 Å². The number of nitrogens with zero attached hydrogens (tertiary/aromatic N) is 2. The minimum atomic E-state index is -3.67. The SMILES string of the molecule is C#CCNS(=O)(=O)c1ccc(C(=O)N(C)Cc2ccc(N(C)C)cc2)cc1. The van der Waals surface area contributed by atoms with E-state index in [2.05, 4.69) is 10.6 Å². The molecule has 1 amide bonds. The highest BCUT2D eigenvalue weighted by Gasteiger charge is 2.16. The number of carbonyl (C=O) groups excluding carboxylic acids is 1. The van der Waals surface area contributed by atoms with Crippen molar-refractivity contribution in [3.05, 3.63) is 59.7 Å². The van der Waals surface area contributed by atoms with E-state index in [4.69, 9.17) is 6.42 Å². The molecule has 0 saturated carbocycles. The molecule has 0 heterocycles. The summed E-state index contributed by atoms with van der Waals surface area (Å²) in [5.41, 5.74) is 2.51. The fourth-order valence-corrected chi connectivity index (χ4v) is 3.40. The third kappa shape index (κ3) is 5.33. The lowest BCUT2D eigenvalue weighted by Gasteiger charge is -2.18. The van der Waals surface area contributed by atoms with Crippen LogP contribution in [0.3, 0.4) is 0 Å². The second-order valence-electron chi connectivity index (χ2n) is 6.28. The zero-order valence-corrected chi connectivity index (χ0v) is 16.5. The van der Waals surface area contributed by atoms with E-state index in [1.54, 1.807) is 11.9 Å². The lowest BCUT2D eigenvalue weighted by molar-refractivity contribution is 0.0785. The predicted octanol–water partition coefficient (Wildman–Crippen LogP) is 1.94. The van der Waals surface area contributed by atoms with Crippen molar-refractivity contribution >= 4 is 21.6 Å². The van der Waals surface area contributed by atoms with E-state index in [0.29, 0.717) is 12.1 Å². The van der Waals surface area contributed by atoms with Crippen LogP contribution in [0.4, 0.5) is 5.69 Å². The molecule has 0 aliphatic heterocycles. The Morgan fingerprint density at radius 1 is 1.04 bits per heavy atom. The highest BCUT2D eigenvalue weighted by atomic mass is 32.2. The Morgan fingerprint density at radius 3 is 2.15 bits per heavy atom. The van der Waals surface area contributed by atoms with Crippen LogP contribution in [0.1, 0.15) is 15.9 Å². The van der Waals surface area contributed by atoms with Crippen LogP contribution in [0.15, 0.2) is 53.4 Å². The lowest BCUT2D eigenvalue weighted by Crippen LogP contribution is -2.26. The highest BCUT2D eigenvalue weighted by Crippen LogP contribution is 2.16. The zero-order valence-electron chi connectivity index (χ0n) is 15.6. The molecule has 27 heavy (non-hydrogen) atoms. The molecule has 2 aromatic carbocycles. The molecule has 0 atom stereocenters. The van der Waals surface area contributed by atoms with E-state index in [1.165, 1.54) is 24.3 Å². The van der Waals surface area contributed by atoms with Crippen molar-refractivity contribution in [2.24, 2.45) is 0 Å². The van der Waals surface area contributed by atoms with Crippen LogP contribution in [0, 0.1) is 12.3 Å². The molecular formula is C20H23N3O3S. The molecule has 0 fully saturated rings. The molecule has 0 bridgehead atoms. The summed E-state index contributed by atoms with van der Waals surface area (Å²) in [5.74, 6) is 2.03. The molecular weight excluding hydrogens is 362 g/mol. The molecule has 6 nitrogen and oxygen atoms in total. The molecule has 0 aromatic heterocycles. The standard InChI is InChI=1S/C20H23N3O3S/c1-5-14-21-27(25,26)19-12-8-17(9-13-19)20(24)23(4)15-16-6-10-18(11-7-16)22(2)3/h1,6-13,21H,14-15H2,2-4H3. The quantitative estimate of drug-likeness (QED) is 0.740. The van der Waals surface area contributed by atoms with Crippen molar-refractivity contribution in [2.75, 3.05) is 32.6 Å². The molecule has 7 heteroatoms. The smallest absolute Gasteiger partial charge is 0.253 e. The van der Waals surface area contributed by atoms with Crippen LogP contribution >= 0.6 is 0 Å². The van der Waals surface area contributed by atoms with Gasteiger partial charge in [-0.25, -0.2) is 8.42 Å². The minimum absolute atomic E-state index is 0.0660. The van der Waals surface area contributed by atoms with E-state index in [-0.39, 0.29) is 17.3 Å². The first-order valence-corrected chi connectivity index (χ1v) is 9.78. The molecule has 0 radical (unpaired) electrons. The third-order valence-electron chi connectivity index (χ3n) is 3.99. The number of terminal acetylenes is 1. The Balaban J connectivity index is 2.07. The van der Waals surface area contributed by atoms with Gasteiger partial charge in [0.05, 0.1) is 11.4 Å². The first-order valence-electron chi connectivity index (χ1n) is 8.29. The van der Waals surface area contributed by atoms with E-state index in [9.17, 15) is 13.2 Å². The van der Waals surface area contributed by atoms with E-state index in [1.807, 2.05) is 43.3 Å². The Labute approximate surface area is 160 Å². The van der Waals surface area contributed by atoms with Crippen LogP contribution < -0.4 is 9.62 Å². The van der Waals surface area contributed by atoms with Crippen molar-refractivity contribution in [3.8, 4) is 12.3 Å². The summed E-state index contributed by atoms with van der Waals surface area (Å²) >= 11 is 0. The molecule has 0 spiro atoms. The summed E-state index contributed by atoms with van der Waals surface area (Å²) in [6.45, 7) is 0.370. The van der Waals surface area contributed by atoms with Gasteiger partial charge >= 0.3 is 0 Å². The van der Waals surface area contributed by atoms with Crippen LogP contribution in [0.25, 0.3) is 0 Å². The van der Waals surface area contributed by atoms with Gasteiger partial charge in [0.15, 0.2) is 0 Å². The molecule has 142 valence electrons. The number of anilines is 1. The number of hydrogen-bond acceptors (Lipinski definition) is 4. The van der Waals surface area contributed by atoms with Gasteiger partial charge in [0.2, 0.25) is 10.0 Å². The van der Waals surface area contributed by atoms with Crippen LogP contribution in [-0.2, 0) is 16.6 Å². The largest absolute Gasteiger partial charge is 0.378 e. The molecule has 1 N–H and O–H groups in total. The van der Waals surface area contributed by atoms with Gasteiger partial charge < -0.3 is 9.80 Å². The molecule has 2 aromatic rings. The Kier molecular flexibility index (Phi) is 6.61. The van der Waals surface area contributed by atoms with Gasteiger partial charge in [0, 0.05) is 38.9 Å². The Morgan fingerprint density at radius 2 is 1.63 bits per heavy atom. The minimum Gasteiger partial charge on any atom is -0.378 e. The van der Waals surface area contributed by atoms with Crippen LogP contribution in [-0.4, -0.2) is 46.9 Å². The van der Waals surface area contributed by atoms with Gasteiger partial charge in [0.1, 0.15) is 0 Å². The molecule has 0 aliphatic rings. The van der Waals surface area contributed by atoms with Crippen molar-refractivity contribution < 1.29 is 13.2 Å². The summed E-state index contributed by atoms with van der Waals surface area (Å²) in [6.07, 6.45) is 5.07. The number of rotatable bonds is 7. The van der Waals surface area contributed by atoms with E-state index in [0.717, 1.165) is 11.3 Å². The van der Waals surface area contributed by atoms with Gasteiger partial charge in [-0.1, -0.05) is 18.1 Å². The van der Waals surface area contributed by atoms with Crippen molar-refractivity contribution in [3.63, 3.8) is 0 Å². The lowest BCUT2D eigenvalue weighted by atomic mass is 10.1. The van der Waals surface area contributed by atoms with Gasteiger partial charge in [-0.05, 0) is 42.0 Å². The van der Waals surface area contributed by atoms with Crippen LogP contribution in [0.2, 0.25) is 0 Å². The topological polar surface area (TPSA) is 69.7 Å². The average Bonchev–Trinajstić information content (AvgIpc) is 2.66. The Bertz CT molecular complexity index is 928. The number of hydrogen-bond donors (Lipinski definition) is 1. The highest BCUT2D eigenvalue weighted by molar-refractivity contribution is 7.89. The number of benzene rings is 2. The maximum Gasteiger partial charge on any atom is 0.253 e. The monoisotopic (exact) mass is 385 g/mol. The predicted molar refractivity (Wildman–Crippen MR) is 107 cm³/mol. The molecule has 0 unspecified atom stereocenters. The van der Waals surface area contributed by atoms with Gasteiger partial charge in [0.25, 0.3) is 5.91 Å². The van der Waals surface area contributed by atoms with Crippen molar-refractivity contribution in [2.45, 2.75) is 11.4 Å². The first-order chi connectivity index (χ1) is 12.7. The first kappa shape index (κ1) is 20.5. The van der Waals surface area contributed by atoms with Gasteiger partial charge in [-0.2, -0.15) is 4.72 Å². The summed E-state index contributed by atoms with van der Waals surface area (Å²) in [7, 11) is 1.98. The number of amides is 1. The summed E-state index contributed by atoms with van der Waals surface area (Å²) in [5, 5.41) is 0. The number of sulfonamides is 1. The number of carbonyl (C=O) groups is 1. The summed E-state index contributed by atoms with van der Waals surface area (Å²) in [4.78, 5) is 16.2. The Hall–Kier alpha value is -2.82. The average molecular weight is 385 g/mol. The number of nitrogens with one attached hydrogen (secondary N) is 1. The van der Waals surface area contributed by atoms with Crippen molar-refractivity contribution in [1.29, 1.82) is 0 Å². The normalized spacial score (nSPS) is 10.9. The molecule has 0 aliphatic carbocycles. The second-order valence-corrected chi connectivity index (χ2v) is 8.04. The summed E-state index contributed by atoms with van der Waals surface area (Å²) in [6, 6.07) is 13.7. The molecule has 2 rings (SSSR count). The van der Waals surface area contributed by atoms with E-state index >= 15 is 0 Å². The fourth-order valence-electron chi connectivity index (χ4n) is 2.46. The molecule has 0 saturated heterocycles. The third-order valence-corrected chi connectivity index (χ3v) is 5.41. The summed E-state index contributed by atoms with van der Waals surface area (Å²) < 4.78 is 26.3. The van der Waals surface area contributed by atoms with E-state index < -0.39 is 10.0 Å². The van der Waals surface area contributed by atoms with Gasteiger partial charge in [-0.3, -0.25) is 4.79 Å². The fraction of sp³-hybridized carbons (Fsp3) is 0.250. The van der Waals surface area contributed by atoms with Gasteiger partial charge in [-0.15, -0.1) is 6.42 Å². The zero-order chi connectivity index (χ0) is 20.0. The van der Waals surface area contributed by atoms with Crippen LogP contribution in [0.5, 0.6) is 0 Å². The maximum absolute atomic E-state index is 12.6. The second kappa shape index (κ2) is 8.71.